The van der Waals surface area contributed by atoms with Crippen LogP contribution in [-0.2, 0) is 23.8 Å². The Labute approximate surface area is 131 Å². The van der Waals surface area contributed by atoms with E-state index in [9.17, 15) is 13.2 Å². The molecule has 0 aliphatic rings. The van der Waals surface area contributed by atoms with Gasteiger partial charge in [0.1, 0.15) is 5.75 Å². The van der Waals surface area contributed by atoms with Crippen molar-refractivity contribution in [2.45, 2.75) is 50.7 Å². The van der Waals surface area contributed by atoms with Crippen molar-refractivity contribution in [3.63, 3.8) is 0 Å². The molecule has 1 rings (SSSR count). The summed E-state index contributed by atoms with van der Waals surface area (Å²) in [5.41, 5.74) is 0. The van der Waals surface area contributed by atoms with Crippen LogP contribution in [0.5, 0.6) is 5.75 Å². The zero-order valence-corrected chi connectivity index (χ0v) is 13.9. The standard InChI is InChI=1S/C15H22O6S/c1-4-6-14(16)20-15(7-5-2)21-22(17,18)13-10-8-12(19-3)9-11-13/h8-11,15H,4-7H2,1-3H3. The van der Waals surface area contributed by atoms with E-state index in [2.05, 4.69) is 0 Å². The van der Waals surface area contributed by atoms with Gasteiger partial charge in [-0.25, -0.2) is 4.18 Å². The van der Waals surface area contributed by atoms with Crippen molar-refractivity contribution in [1.29, 1.82) is 0 Å². The molecular formula is C15H22O6S. The predicted molar refractivity (Wildman–Crippen MR) is 81.0 cm³/mol. The molecule has 0 saturated carbocycles. The van der Waals surface area contributed by atoms with E-state index in [0.29, 0.717) is 25.0 Å². The highest BCUT2D eigenvalue weighted by Crippen LogP contribution is 2.20. The summed E-state index contributed by atoms with van der Waals surface area (Å²) in [4.78, 5) is 11.5. The lowest BCUT2D eigenvalue weighted by Gasteiger charge is -2.17. The molecule has 0 aliphatic carbocycles. The zero-order chi connectivity index (χ0) is 16.6. The van der Waals surface area contributed by atoms with Crippen LogP contribution < -0.4 is 4.74 Å². The van der Waals surface area contributed by atoms with E-state index in [1.165, 1.54) is 31.4 Å². The topological polar surface area (TPSA) is 78.9 Å². The molecule has 0 aromatic heterocycles. The minimum atomic E-state index is -4.00. The number of hydrogen-bond donors (Lipinski definition) is 0. The second-order valence-electron chi connectivity index (χ2n) is 4.68. The van der Waals surface area contributed by atoms with E-state index < -0.39 is 22.4 Å². The summed E-state index contributed by atoms with van der Waals surface area (Å²) in [5.74, 6) is 0.0734. The maximum absolute atomic E-state index is 12.2. The van der Waals surface area contributed by atoms with Gasteiger partial charge in [0.2, 0.25) is 6.29 Å². The Hall–Kier alpha value is -1.60. The molecular weight excluding hydrogens is 308 g/mol. The zero-order valence-electron chi connectivity index (χ0n) is 13.1. The van der Waals surface area contributed by atoms with Crippen molar-refractivity contribution in [1.82, 2.24) is 0 Å². The van der Waals surface area contributed by atoms with E-state index in [1.807, 2.05) is 13.8 Å². The van der Waals surface area contributed by atoms with Gasteiger partial charge in [0.05, 0.1) is 12.0 Å². The summed E-state index contributed by atoms with van der Waals surface area (Å²) in [6.45, 7) is 3.69. The van der Waals surface area contributed by atoms with Gasteiger partial charge < -0.3 is 9.47 Å². The molecule has 1 atom stereocenters. The van der Waals surface area contributed by atoms with Crippen LogP contribution in [-0.4, -0.2) is 27.8 Å². The minimum absolute atomic E-state index is 0.0130. The quantitative estimate of drug-likeness (QED) is 0.393. The first-order valence-electron chi connectivity index (χ1n) is 7.19. The van der Waals surface area contributed by atoms with Gasteiger partial charge >= 0.3 is 5.97 Å². The molecule has 1 unspecified atom stereocenters. The van der Waals surface area contributed by atoms with Crippen molar-refractivity contribution in [3.05, 3.63) is 24.3 Å². The van der Waals surface area contributed by atoms with Crippen LogP contribution >= 0.6 is 0 Å². The molecule has 0 radical (unpaired) electrons. The van der Waals surface area contributed by atoms with Crippen LogP contribution in [0.1, 0.15) is 39.5 Å². The number of ether oxygens (including phenoxy) is 2. The van der Waals surface area contributed by atoms with Gasteiger partial charge in [-0.1, -0.05) is 20.3 Å². The number of carbonyl (C=O) groups excluding carboxylic acids is 1. The number of hydrogen-bond acceptors (Lipinski definition) is 6. The molecule has 22 heavy (non-hydrogen) atoms. The summed E-state index contributed by atoms with van der Waals surface area (Å²) in [6.07, 6.45) is 0.693. The third kappa shape index (κ3) is 5.65. The summed E-state index contributed by atoms with van der Waals surface area (Å²) < 4.78 is 39.5. The molecule has 1 aromatic carbocycles. The lowest BCUT2D eigenvalue weighted by Crippen LogP contribution is -2.24. The van der Waals surface area contributed by atoms with Crippen LogP contribution in [0.2, 0.25) is 0 Å². The SMILES string of the molecule is CCCC(=O)OC(CCC)OS(=O)(=O)c1ccc(OC)cc1. The Kier molecular flexibility index (Phi) is 7.34. The number of rotatable bonds is 9. The van der Waals surface area contributed by atoms with Gasteiger partial charge in [-0.15, -0.1) is 0 Å². The fourth-order valence-corrected chi connectivity index (χ4v) is 2.71. The molecule has 124 valence electrons. The molecule has 0 fully saturated rings. The number of esters is 1. The van der Waals surface area contributed by atoms with Gasteiger partial charge in [0.25, 0.3) is 10.1 Å². The maximum Gasteiger partial charge on any atom is 0.308 e. The second kappa shape index (κ2) is 8.75. The summed E-state index contributed by atoms with van der Waals surface area (Å²) in [5, 5.41) is 0. The van der Waals surface area contributed by atoms with Crippen molar-refractivity contribution < 1.29 is 26.9 Å². The van der Waals surface area contributed by atoms with E-state index in [1.54, 1.807) is 0 Å². The molecule has 1 aromatic rings. The largest absolute Gasteiger partial charge is 0.497 e. The van der Waals surface area contributed by atoms with Crippen molar-refractivity contribution in [3.8, 4) is 5.75 Å². The molecule has 0 heterocycles. The molecule has 0 amide bonds. The summed E-state index contributed by atoms with van der Waals surface area (Å²) in [6, 6.07) is 5.80. The Morgan fingerprint density at radius 1 is 1.14 bits per heavy atom. The molecule has 0 N–H and O–H groups in total. The Bertz CT molecular complexity index is 564. The predicted octanol–water partition coefficient (Wildman–Crippen LogP) is 2.87. The first-order chi connectivity index (χ1) is 10.4. The Morgan fingerprint density at radius 3 is 2.27 bits per heavy atom. The fourth-order valence-electron chi connectivity index (χ4n) is 1.71. The normalized spacial score (nSPS) is 12.7. The fraction of sp³-hybridized carbons (Fsp3) is 0.533. The van der Waals surface area contributed by atoms with Crippen molar-refractivity contribution in [2.75, 3.05) is 7.11 Å². The molecule has 0 saturated heterocycles. The molecule has 6 nitrogen and oxygen atoms in total. The third-order valence-electron chi connectivity index (χ3n) is 2.82. The minimum Gasteiger partial charge on any atom is -0.497 e. The van der Waals surface area contributed by atoms with Crippen LogP contribution in [0, 0.1) is 0 Å². The van der Waals surface area contributed by atoms with E-state index in [-0.39, 0.29) is 11.3 Å². The van der Waals surface area contributed by atoms with Gasteiger partial charge in [0.15, 0.2) is 0 Å². The Morgan fingerprint density at radius 2 is 1.77 bits per heavy atom. The maximum atomic E-state index is 12.2. The second-order valence-corrected chi connectivity index (χ2v) is 6.26. The van der Waals surface area contributed by atoms with Crippen LogP contribution in [0.25, 0.3) is 0 Å². The monoisotopic (exact) mass is 330 g/mol. The van der Waals surface area contributed by atoms with E-state index in [4.69, 9.17) is 13.7 Å². The molecule has 0 bridgehead atoms. The summed E-state index contributed by atoms with van der Waals surface area (Å²) >= 11 is 0. The smallest absolute Gasteiger partial charge is 0.308 e. The van der Waals surface area contributed by atoms with Crippen molar-refractivity contribution >= 4 is 16.1 Å². The van der Waals surface area contributed by atoms with Gasteiger partial charge in [0, 0.05) is 12.8 Å². The molecule has 0 spiro atoms. The van der Waals surface area contributed by atoms with Gasteiger partial charge in [-0.05, 0) is 30.7 Å². The van der Waals surface area contributed by atoms with Crippen LogP contribution in [0.15, 0.2) is 29.2 Å². The Balaban J connectivity index is 2.82. The van der Waals surface area contributed by atoms with Gasteiger partial charge in [-0.2, -0.15) is 8.42 Å². The highest BCUT2D eigenvalue weighted by atomic mass is 32.2. The lowest BCUT2D eigenvalue weighted by atomic mass is 10.3. The molecule has 0 aliphatic heterocycles. The highest BCUT2D eigenvalue weighted by Gasteiger charge is 2.24. The lowest BCUT2D eigenvalue weighted by molar-refractivity contribution is -0.163. The van der Waals surface area contributed by atoms with Crippen molar-refractivity contribution in [2.24, 2.45) is 0 Å². The summed E-state index contributed by atoms with van der Waals surface area (Å²) in [7, 11) is -2.51. The highest BCUT2D eigenvalue weighted by molar-refractivity contribution is 7.86. The van der Waals surface area contributed by atoms with Gasteiger partial charge in [-0.3, -0.25) is 4.79 Å². The molecule has 7 heteroatoms. The van der Waals surface area contributed by atoms with Crippen LogP contribution in [0.4, 0.5) is 0 Å². The number of carbonyl (C=O) groups is 1. The first-order valence-corrected chi connectivity index (χ1v) is 8.60. The third-order valence-corrected chi connectivity index (χ3v) is 4.14. The van der Waals surface area contributed by atoms with E-state index in [0.717, 1.165) is 0 Å². The van der Waals surface area contributed by atoms with E-state index >= 15 is 0 Å². The van der Waals surface area contributed by atoms with Crippen LogP contribution in [0.3, 0.4) is 0 Å². The first kappa shape index (κ1) is 18.4. The number of methoxy groups -OCH3 is 1. The number of benzene rings is 1. The average molecular weight is 330 g/mol. The average Bonchev–Trinajstić information content (AvgIpc) is 2.47.